The molecule has 4 rings (SSSR count). The molecule has 0 saturated carbocycles. The van der Waals surface area contributed by atoms with Crippen LogP contribution in [-0.4, -0.2) is 46.3 Å². The molecule has 2 aromatic carbocycles. The van der Waals surface area contributed by atoms with Crippen molar-refractivity contribution in [3.8, 4) is 22.5 Å². The lowest BCUT2D eigenvalue weighted by Gasteiger charge is -2.01. The number of hydrogen-bond donors (Lipinski definition) is 4. The Morgan fingerprint density at radius 1 is 0.848 bits per heavy atom. The normalized spacial score (nSPS) is 9.67. The number of thiazole rings is 2. The molecule has 0 spiro atoms. The fourth-order valence-electron chi connectivity index (χ4n) is 2.58. The van der Waals surface area contributed by atoms with Gasteiger partial charge >= 0.3 is 11.9 Å². The summed E-state index contributed by atoms with van der Waals surface area (Å²) >= 11 is 2.70. The van der Waals surface area contributed by atoms with Crippen LogP contribution in [0.2, 0.25) is 0 Å². The van der Waals surface area contributed by atoms with Gasteiger partial charge in [-0.2, -0.15) is 0 Å². The molecule has 9 nitrogen and oxygen atoms in total. The van der Waals surface area contributed by atoms with Gasteiger partial charge in [0.25, 0.3) is 0 Å². The average molecular weight is 487 g/mol. The second-order valence-corrected chi connectivity index (χ2v) is 7.88. The Morgan fingerprint density at radius 2 is 1.30 bits per heavy atom. The molecule has 0 saturated heterocycles. The standard InChI is InChI=1S/C11H10N2O2S.C10H8N2O2S.CH4O/c1-15-10(14)8-4-2-3-7(5-8)9-6-16-11(12)13-9;11-10-12-8(5-15-10)6-2-1-3-7(4-6)9(13)14;1-2/h2-6H,1H3,(H2,12,13);1-5H,(H2,11,12)(H,13,14);2H,1H3. The molecule has 2 aromatic heterocycles. The third kappa shape index (κ3) is 7.10. The van der Waals surface area contributed by atoms with Crippen molar-refractivity contribution in [1.82, 2.24) is 9.97 Å². The lowest BCUT2D eigenvalue weighted by Crippen LogP contribution is -2.00. The Hall–Kier alpha value is -3.80. The first-order valence-electron chi connectivity index (χ1n) is 9.26. The number of nitrogen functional groups attached to an aromatic ring is 2. The number of carboxylic acid groups (broad SMARTS) is 1. The second-order valence-electron chi connectivity index (χ2n) is 6.10. The van der Waals surface area contributed by atoms with Gasteiger partial charge in [0.2, 0.25) is 0 Å². The van der Waals surface area contributed by atoms with Crippen molar-refractivity contribution in [2.24, 2.45) is 0 Å². The Kier molecular flexibility index (Phi) is 9.48. The van der Waals surface area contributed by atoms with Gasteiger partial charge in [0.05, 0.1) is 29.6 Å². The largest absolute Gasteiger partial charge is 0.478 e. The number of aliphatic hydroxyl groups is 1. The van der Waals surface area contributed by atoms with E-state index < -0.39 is 5.97 Å². The van der Waals surface area contributed by atoms with Crippen molar-refractivity contribution in [1.29, 1.82) is 0 Å². The smallest absolute Gasteiger partial charge is 0.337 e. The molecule has 0 atom stereocenters. The van der Waals surface area contributed by atoms with E-state index in [4.69, 9.17) is 21.7 Å². The monoisotopic (exact) mass is 486 g/mol. The SMILES string of the molecule is CO.COC(=O)c1cccc(-c2csc(N)n2)c1.Nc1nc(-c2cccc(C(=O)O)c2)cs1. The van der Waals surface area contributed by atoms with Gasteiger partial charge in [-0.1, -0.05) is 24.3 Å². The van der Waals surface area contributed by atoms with E-state index in [0.29, 0.717) is 21.5 Å². The van der Waals surface area contributed by atoms with Crippen LogP contribution >= 0.6 is 22.7 Å². The average Bonchev–Trinajstić information content (AvgIpc) is 3.48. The number of nitrogens with zero attached hydrogens (tertiary/aromatic N) is 2. The van der Waals surface area contributed by atoms with Crippen LogP contribution < -0.4 is 11.5 Å². The van der Waals surface area contributed by atoms with E-state index in [-0.39, 0.29) is 11.5 Å². The van der Waals surface area contributed by atoms with Crippen LogP contribution in [0.3, 0.4) is 0 Å². The van der Waals surface area contributed by atoms with Crippen LogP contribution in [0.15, 0.2) is 59.3 Å². The van der Waals surface area contributed by atoms with Gasteiger partial charge < -0.3 is 26.4 Å². The number of methoxy groups -OCH3 is 1. The van der Waals surface area contributed by atoms with E-state index in [1.165, 1.54) is 29.8 Å². The molecule has 6 N–H and O–H groups in total. The zero-order valence-electron chi connectivity index (χ0n) is 17.8. The number of hydrogen-bond acceptors (Lipinski definition) is 10. The number of carbonyl (C=O) groups excluding carboxylic acids is 1. The molecule has 4 aromatic rings. The number of aromatic nitrogens is 2. The summed E-state index contributed by atoms with van der Waals surface area (Å²) in [6.45, 7) is 0. The summed E-state index contributed by atoms with van der Waals surface area (Å²) in [4.78, 5) is 30.3. The van der Waals surface area contributed by atoms with Crippen LogP contribution in [0, 0.1) is 0 Å². The van der Waals surface area contributed by atoms with Crippen molar-refractivity contribution in [2.75, 3.05) is 25.7 Å². The summed E-state index contributed by atoms with van der Waals surface area (Å²) in [6.07, 6.45) is 0. The Morgan fingerprint density at radius 3 is 1.70 bits per heavy atom. The molecule has 0 amide bonds. The number of nitrogens with two attached hydrogens (primary N) is 2. The number of esters is 1. The highest BCUT2D eigenvalue weighted by molar-refractivity contribution is 7.14. The summed E-state index contributed by atoms with van der Waals surface area (Å²) in [5.74, 6) is -1.30. The summed E-state index contributed by atoms with van der Waals surface area (Å²) < 4.78 is 4.65. The van der Waals surface area contributed by atoms with E-state index in [0.717, 1.165) is 23.9 Å². The number of rotatable bonds is 4. The third-order valence-corrected chi connectivity index (χ3v) is 5.38. The molecule has 0 aliphatic heterocycles. The summed E-state index contributed by atoms with van der Waals surface area (Å²) in [7, 11) is 2.36. The number of aliphatic hydroxyl groups excluding tert-OH is 1. The zero-order chi connectivity index (χ0) is 24.4. The molecule has 0 aliphatic carbocycles. The van der Waals surface area contributed by atoms with E-state index in [9.17, 15) is 9.59 Å². The van der Waals surface area contributed by atoms with Crippen molar-refractivity contribution in [3.63, 3.8) is 0 Å². The molecule has 0 radical (unpaired) electrons. The van der Waals surface area contributed by atoms with Gasteiger partial charge in [0, 0.05) is 29.0 Å². The van der Waals surface area contributed by atoms with E-state index in [1.54, 1.807) is 47.8 Å². The predicted octanol–water partition coefficient (Wildman–Crippen LogP) is 3.88. The van der Waals surface area contributed by atoms with Crippen molar-refractivity contribution in [3.05, 3.63) is 70.4 Å². The number of carbonyl (C=O) groups is 2. The Bertz CT molecular complexity index is 1220. The second kappa shape index (κ2) is 12.3. The molecule has 0 fully saturated rings. The number of ether oxygens (including phenoxy) is 1. The minimum atomic E-state index is -0.944. The summed E-state index contributed by atoms with van der Waals surface area (Å²) in [5, 5.41) is 20.5. The fraction of sp³-hybridized carbons (Fsp3) is 0.0909. The van der Waals surface area contributed by atoms with Crippen LogP contribution in [-0.2, 0) is 4.74 Å². The first-order chi connectivity index (χ1) is 15.9. The van der Waals surface area contributed by atoms with Crippen molar-refractivity contribution in [2.45, 2.75) is 0 Å². The Balaban J connectivity index is 0.000000218. The number of anilines is 2. The van der Waals surface area contributed by atoms with E-state index in [1.807, 2.05) is 11.4 Å². The molecular weight excluding hydrogens is 464 g/mol. The quantitative estimate of drug-likeness (QED) is 0.314. The summed E-state index contributed by atoms with van der Waals surface area (Å²) in [6, 6.07) is 13.7. The van der Waals surface area contributed by atoms with Gasteiger partial charge in [0.1, 0.15) is 0 Å². The molecule has 11 heteroatoms. The number of benzene rings is 2. The third-order valence-electron chi connectivity index (χ3n) is 4.03. The minimum absolute atomic E-state index is 0.249. The van der Waals surface area contributed by atoms with Crippen LogP contribution in [0.5, 0.6) is 0 Å². The van der Waals surface area contributed by atoms with Gasteiger partial charge in [-0.15, -0.1) is 22.7 Å². The van der Waals surface area contributed by atoms with Crippen LogP contribution in [0.25, 0.3) is 22.5 Å². The Labute approximate surface area is 197 Å². The van der Waals surface area contributed by atoms with E-state index in [2.05, 4.69) is 14.7 Å². The molecule has 0 unspecified atom stereocenters. The fourth-order valence-corrected chi connectivity index (χ4v) is 3.72. The molecular formula is C22H22N4O5S2. The van der Waals surface area contributed by atoms with Crippen LogP contribution in [0.4, 0.5) is 10.3 Å². The lowest BCUT2D eigenvalue weighted by atomic mass is 10.1. The zero-order valence-corrected chi connectivity index (χ0v) is 19.4. The van der Waals surface area contributed by atoms with Crippen molar-refractivity contribution >= 4 is 44.9 Å². The van der Waals surface area contributed by atoms with Crippen molar-refractivity contribution < 1.29 is 24.5 Å². The minimum Gasteiger partial charge on any atom is -0.478 e. The maximum Gasteiger partial charge on any atom is 0.337 e. The number of carboxylic acids is 1. The topological polar surface area (TPSA) is 162 Å². The van der Waals surface area contributed by atoms with Gasteiger partial charge in [0.15, 0.2) is 10.3 Å². The maximum atomic E-state index is 11.3. The molecule has 2 heterocycles. The molecule has 0 bridgehead atoms. The highest BCUT2D eigenvalue weighted by atomic mass is 32.1. The maximum absolute atomic E-state index is 11.3. The number of aromatic carboxylic acids is 1. The molecule has 0 aliphatic rings. The molecule has 33 heavy (non-hydrogen) atoms. The molecule has 172 valence electrons. The first-order valence-corrected chi connectivity index (χ1v) is 11.0. The highest BCUT2D eigenvalue weighted by Gasteiger charge is 2.08. The van der Waals surface area contributed by atoms with Gasteiger partial charge in [-0.25, -0.2) is 19.6 Å². The lowest BCUT2D eigenvalue weighted by molar-refractivity contribution is 0.0600. The summed E-state index contributed by atoms with van der Waals surface area (Å²) in [5.41, 5.74) is 14.9. The first kappa shape index (κ1) is 25.5. The highest BCUT2D eigenvalue weighted by Crippen LogP contribution is 2.24. The predicted molar refractivity (Wildman–Crippen MR) is 130 cm³/mol. The van der Waals surface area contributed by atoms with Gasteiger partial charge in [-0.3, -0.25) is 0 Å². The van der Waals surface area contributed by atoms with Crippen LogP contribution in [0.1, 0.15) is 20.7 Å². The van der Waals surface area contributed by atoms with Gasteiger partial charge in [-0.05, 0) is 24.3 Å². The van der Waals surface area contributed by atoms with E-state index >= 15 is 0 Å².